The van der Waals surface area contributed by atoms with Crippen LogP contribution in [0, 0.1) is 17.2 Å². The molecule has 2 bridgehead atoms. The lowest BCUT2D eigenvalue weighted by Crippen LogP contribution is -2.58. The first kappa shape index (κ1) is 15.8. The molecule has 0 saturated heterocycles. The summed E-state index contributed by atoms with van der Waals surface area (Å²) in [5.74, 6) is 0.618. The van der Waals surface area contributed by atoms with Crippen molar-refractivity contribution in [3.05, 3.63) is 29.6 Å². The lowest BCUT2D eigenvalue weighted by molar-refractivity contribution is -0.121. The zero-order valence-electron chi connectivity index (χ0n) is 13.9. The minimum absolute atomic E-state index is 0.0229. The second-order valence-electron chi connectivity index (χ2n) is 7.64. The summed E-state index contributed by atoms with van der Waals surface area (Å²) in [4.78, 5) is 2.11. The van der Waals surface area contributed by atoms with Crippen molar-refractivity contribution in [3.8, 4) is 5.75 Å². The Bertz CT molecular complexity index is 576. The zero-order chi connectivity index (χ0) is 16.1. The van der Waals surface area contributed by atoms with Gasteiger partial charge in [0, 0.05) is 12.1 Å². The highest BCUT2D eigenvalue weighted by Crippen LogP contribution is 2.58. The molecule has 22 heavy (non-hydrogen) atoms. The van der Waals surface area contributed by atoms with E-state index < -0.39 is 5.60 Å². The van der Waals surface area contributed by atoms with Crippen molar-refractivity contribution in [2.45, 2.75) is 44.2 Å². The number of nitrogens with zero attached hydrogens (tertiary/aromatic N) is 1. The van der Waals surface area contributed by atoms with Crippen molar-refractivity contribution < 1.29 is 14.2 Å². The van der Waals surface area contributed by atoms with Gasteiger partial charge < -0.3 is 14.7 Å². The molecule has 2 fully saturated rings. The summed E-state index contributed by atoms with van der Waals surface area (Å²) in [7, 11) is 5.55. The zero-order valence-corrected chi connectivity index (χ0v) is 13.9. The number of benzene rings is 1. The van der Waals surface area contributed by atoms with Gasteiger partial charge in [-0.05, 0) is 68.8 Å². The van der Waals surface area contributed by atoms with Crippen molar-refractivity contribution in [2.75, 3.05) is 21.2 Å². The molecule has 1 aromatic carbocycles. The largest absolute Gasteiger partial charge is 0.497 e. The van der Waals surface area contributed by atoms with Gasteiger partial charge in [-0.25, -0.2) is 4.39 Å². The fraction of sp³-hybridized carbons (Fsp3) is 0.667. The average Bonchev–Trinajstić information content (AvgIpc) is 2.73. The SMILES string of the molecule is COc1cc(F)cc(C2(O)CC3CCC(C)(C3)C2N(C)C)c1. The molecule has 2 aliphatic carbocycles. The van der Waals surface area contributed by atoms with Crippen LogP contribution in [0.5, 0.6) is 5.75 Å². The van der Waals surface area contributed by atoms with E-state index in [1.165, 1.54) is 19.2 Å². The molecular formula is C18H26FNO2. The molecule has 4 atom stereocenters. The Morgan fingerprint density at radius 3 is 2.64 bits per heavy atom. The second kappa shape index (κ2) is 5.20. The molecule has 0 amide bonds. The molecule has 122 valence electrons. The van der Waals surface area contributed by atoms with Crippen LogP contribution in [-0.4, -0.2) is 37.3 Å². The highest BCUT2D eigenvalue weighted by molar-refractivity contribution is 5.36. The number of likely N-dealkylation sites (N-methyl/N-ethyl adjacent to an activating group) is 1. The summed E-state index contributed by atoms with van der Waals surface area (Å²) in [5, 5.41) is 11.6. The summed E-state index contributed by atoms with van der Waals surface area (Å²) in [5.41, 5.74) is -0.325. The highest BCUT2D eigenvalue weighted by Gasteiger charge is 2.58. The van der Waals surface area contributed by atoms with Gasteiger partial charge in [-0.3, -0.25) is 0 Å². The third-order valence-corrected chi connectivity index (χ3v) is 5.71. The molecule has 0 aliphatic heterocycles. The van der Waals surface area contributed by atoms with Crippen molar-refractivity contribution in [2.24, 2.45) is 11.3 Å². The van der Waals surface area contributed by atoms with E-state index in [1.807, 2.05) is 14.1 Å². The molecule has 0 aromatic heterocycles. The minimum atomic E-state index is -1.03. The third kappa shape index (κ3) is 2.33. The van der Waals surface area contributed by atoms with Gasteiger partial charge in [-0.1, -0.05) is 6.92 Å². The van der Waals surface area contributed by atoms with E-state index in [-0.39, 0.29) is 17.3 Å². The van der Waals surface area contributed by atoms with E-state index >= 15 is 0 Å². The Hall–Kier alpha value is -1.13. The molecule has 1 aromatic rings. The molecule has 4 unspecified atom stereocenters. The fourth-order valence-corrected chi connectivity index (χ4v) is 5.20. The van der Waals surface area contributed by atoms with Gasteiger partial charge in [0.2, 0.25) is 0 Å². The van der Waals surface area contributed by atoms with Crippen LogP contribution in [0.15, 0.2) is 18.2 Å². The first-order valence-electron chi connectivity index (χ1n) is 8.02. The molecule has 3 rings (SSSR count). The Balaban J connectivity index is 2.11. The number of rotatable bonds is 3. The molecule has 2 aliphatic rings. The quantitative estimate of drug-likeness (QED) is 0.931. The Morgan fingerprint density at radius 2 is 2.00 bits per heavy atom. The third-order valence-electron chi connectivity index (χ3n) is 5.71. The highest BCUT2D eigenvalue weighted by atomic mass is 19.1. The van der Waals surface area contributed by atoms with Crippen LogP contribution >= 0.6 is 0 Å². The smallest absolute Gasteiger partial charge is 0.127 e. The van der Waals surface area contributed by atoms with Crippen LogP contribution in [0.1, 0.15) is 38.2 Å². The molecular weight excluding hydrogens is 281 g/mol. The van der Waals surface area contributed by atoms with Crippen LogP contribution < -0.4 is 4.74 Å². The molecule has 4 heteroatoms. The van der Waals surface area contributed by atoms with Crippen LogP contribution in [-0.2, 0) is 5.60 Å². The van der Waals surface area contributed by atoms with Gasteiger partial charge in [0.15, 0.2) is 0 Å². The summed E-state index contributed by atoms with van der Waals surface area (Å²) < 4.78 is 19.2. The van der Waals surface area contributed by atoms with E-state index in [0.29, 0.717) is 23.7 Å². The van der Waals surface area contributed by atoms with E-state index in [0.717, 1.165) is 19.3 Å². The van der Waals surface area contributed by atoms with Gasteiger partial charge in [0.05, 0.1) is 7.11 Å². The number of fused-ring (bicyclic) bond motifs is 2. The minimum Gasteiger partial charge on any atom is -0.497 e. The number of halogens is 1. The van der Waals surface area contributed by atoms with Gasteiger partial charge in [0.1, 0.15) is 17.2 Å². The van der Waals surface area contributed by atoms with Crippen LogP contribution in [0.3, 0.4) is 0 Å². The molecule has 1 N–H and O–H groups in total. The molecule has 0 radical (unpaired) electrons. The van der Waals surface area contributed by atoms with Crippen molar-refractivity contribution >= 4 is 0 Å². The first-order valence-corrected chi connectivity index (χ1v) is 8.02. The second-order valence-corrected chi connectivity index (χ2v) is 7.64. The van der Waals surface area contributed by atoms with Gasteiger partial charge in [-0.2, -0.15) is 0 Å². The van der Waals surface area contributed by atoms with Crippen molar-refractivity contribution in [1.82, 2.24) is 4.90 Å². The molecule has 2 saturated carbocycles. The van der Waals surface area contributed by atoms with E-state index in [4.69, 9.17) is 4.74 Å². The number of aliphatic hydroxyl groups is 1. The Labute approximate surface area is 132 Å². The van der Waals surface area contributed by atoms with Crippen LogP contribution in [0.2, 0.25) is 0 Å². The van der Waals surface area contributed by atoms with Gasteiger partial charge in [0.25, 0.3) is 0 Å². The average molecular weight is 307 g/mol. The number of hydrogen-bond acceptors (Lipinski definition) is 3. The van der Waals surface area contributed by atoms with Gasteiger partial charge in [-0.15, -0.1) is 0 Å². The van der Waals surface area contributed by atoms with E-state index in [1.54, 1.807) is 6.07 Å². The number of methoxy groups -OCH3 is 1. The summed E-state index contributed by atoms with van der Waals surface area (Å²) in [6, 6.07) is 4.59. The fourth-order valence-electron chi connectivity index (χ4n) is 5.20. The summed E-state index contributed by atoms with van der Waals surface area (Å²) in [6.07, 6.45) is 4.10. The molecule has 3 nitrogen and oxygen atoms in total. The predicted molar refractivity (Wildman–Crippen MR) is 84.4 cm³/mol. The number of hydrogen-bond donors (Lipinski definition) is 1. The first-order chi connectivity index (χ1) is 10.3. The molecule has 0 heterocycles. The Morgan fingerprint density at radius 1 is 1.27 bits per heavy atom. The normalized spacial score (nSPS) is 37.6. The van der Waals surface area contributed by atoms with E-state index in [2.05, 4.69) is 11.8 Å². The number of ether oxygens (including phenoxy) is 1. The molecule has 0 spiro atoms. The van der Waals surface area contributed by atoms with E-state index in [9.17, 15) is 9.50 Å². The topological polar surface area (TPSA) is 32.7 Å². The predicted octanol–water partition coefficient (Wildman–Crippen LogP) is 3.16. The summed E-state index contributed by atoms with van der Waals surface area (Å²) >= 11 is 0. The Kier molecular flexibility index (Phi) is 3.73. The maximum Gasteiger partial charge on any atom is 0.127 e. The van der Waals surface area contributed by atoms with Crippen LogP contribution in [0.25, 0.3) is 0 Å². The maximum absolute atomic E-state index is 14.0. The monoisotopic (exact) mass is 307 g/mol. The van der Waals surface area contributed by atoms with Gasteiger partial charge >= 0.3 is 0 Å². The van der Waals surface area contributed by atoms with Crippen molar-refractivity contribution in [1.29, 1.82) is 0 Å². The standard InChI is InChI=1S/C18H26FNO2/c1-17-6-5-12(10-17)11-18(21,16(17)20(2)3)13-7-14(19)9-15(8-13)22-4/h7-9,12,16,21H,5-6,10-11H2,1-4H3. The maximum atomic E-state index is 14.0. The van der Waals surface area contributed by atoms with Crippen molar-refractivity contribution in [3.63, 3.8) is 0 Å². The summed E-state index contributed by atoms with van der Waals surface area (Å²) in [6.45, 7) is 2.26. The van der Waals surface area contributed by atoms with Crippen LogP contribution in [0.4, 0.5) is 4.39 Å². The lowest BCUT2D eigenvalue weighted by Gasteiger charge is -2.52. The lowest BCUT2D eigenvalue weighted by atomic mass is 9.62.